The Bertz CT molecular complexity index is 1390. The lowest BCUT2D eigenvalue weighted by molar-refractivity contribution is -0.122. The van der Waals surface area contributed by atoms with Crippen LogP contribution in [0.25, 0.3) is 10.8 Å². The van der Waals surface area contributed by atoms with Crippen LogP contribution in [0.5, 0.6) is 0 Å². The van der Waals surface area contributed by atoms with Gasteiger partial charge in [0.05, 0.1) is 6.04 Å². The smallest absolute Gasteiger partial charge is 0.425 e. The van der Waals surface area contributed by atoms with Gasteiger partial charge in [-0.1, -0.05) is 18.2 Å². The zero-order chi connectivity index (χ0) is 29.8. The molecule has 1 aromatic heterocycles. The average molecular weight is 557 g/mol. The van der Waals surface area contributed by atoms with E-state index >= 15 is 0 Å². The van der Waals surface area contributed by atoms with Gasteiger partial charge in [0, 0.05) is 18.1 Å². The predicted octanol–water partition coefficient (Wildman–Crippen LogP) is 5.38. The number of carbonyl (C=O) groups excluding carboxylic acids is 3. The van der Waals surface area contributed by atoms with Gasteiger partial charge in [0.25, 0.3) is 0 Å². The summed E-state index contributed by atoms with van der Waals surface area (Å²) in [6.07, 6.45) is -0.401. The first-order valence-corrected chi connectivity index (χ1v) is 12.6. The molecule has 11 heteroatoms. The van der Waals surface area contributed by atoms with Gasteiger partial charge in [-0.25, -0.2) is 23.4 Å². The molecular formula is C29H34F2N4O5. The van der Waals surface area contributed by atoms with Crippen molar-refractivity contribution >= 4 is 34.7 Å². The molecule has 0 spiro atoms. The van der Waals surface area contributed by atoms with Gasteiger partial charge in [0.2, 0.25) is 5.91 Å². The van der Waals surface area contributed by atoms with Crippen LogP contribution in [0.1, 0.15) is 52.7 Å². The normalized spacial score (nSPS) is 12.5. The van der Waals surface area contributed by atoms with Crippen molar-refractivity contribution in [2.75, 3.05) is 4.90 Å². The van der Waals surface area contributed by atoms with E-state index in [4.69, 9.17) is 15.2 Å². The minimum Gasteiger partial charge on any atom is -0.443 e. The summed E-state index contributed by atoms with van der Waals surface area (Å²) in [6, 6.07) is 9.23. The Labute approximate surface area is 231 Å². The van der Waals surface area contributed by atoms with Crippen LogP contribution in [0.2, 0.25) is 0 Å². The highest BCUT2D eigenvalue weighted by Crippen LogP contribution is 2.28. The zero-order valence-electron chi connectivity index (χ0n) is 23.4. The molecule has 0 radical (unpaired) electrons. The van der Waals surface area contributed by atoms with Crippen LogP contribution in [0.3, 0.4) is 0 Å². The van der Waals surface area contributed by atoms with Gasteiger partial charge in [-0.15, -0.1) is 0 Å². The van der Waals surface area contributed by atoms with Gasteiger partial charge in [0.15, 0.2) is 17.5 Å². The number of hydrogen-bond acceptors (Lipinski definition) is 7. The zero-order valence-corrected chi connectivity index (χ0v) is 23.4. The van der Waals surface area contributed by atoms with E-state index in [-0.39, 0.29) is 18.8 Å². The minimum atomic E-state index is -1.01. The van der Waals surface area contributed by atoms with E-state index in [2.05, 4.69) is 10.3 Å². The lowest BCUT2D eigenvalue weighted by atomic mass is 10.1. The number of benzene rings is 2. The molecule has 3 amide bonds. The van der Waals surface area contributed by atoms with Gasteiger partial charge >= 0.3 is 12.2 Å². The summed E-state index contributed by atoms with van der Waals surface area (Å²) in [5.74, 6) is -2.42. The number of halogens is 2. The molecule has 40 heavy (non-hydrogen) atoms. The first-order valence-electron chi connectivity index (χ1n) is 12.6. The largest absolute Gasteiger partial charge is 0.443 e. The van der Waals surface area contributed by atoms with E-state index in [1.54, 1.807) is 65.8 Å². The van der Waals surface area contributed by atoms with Gasteiger partial charge in [-0.2, -0.15) is 4.90 Å². The maximum atomic E-state index is 13.5. The molecule has 1 heterocycles. The highest BCUT2D eigenvalue weighted by atomic mass is 19.2. The van der Waals surface area contributed by atoms with Crippen molar-refractivity contribution < 1.29 is 32.6 Å². The number of amides is 3. The molecule has 9 nitrogen and oxygen atoms in total. The van der Waals surface area contributed by atoms with Gasteiger partial charge in [-0.3, -0.25) is 4.79 Å². The quantitative estimate of drug-likeness (QED) is 0.418. The first-order chi connectivity index (χ1) is 18.5. The number of hydrogen-bond donors (Lipinski definition) is 2. The van der Waals surface area contributed by atoms with E-state index in [0.29, 0.717) is 21.9 Å². The second-order valence-electron chi connectivity index (χ2n) is 11.3. The number of imide groups is 1. The molecule has 214 valence electrons. The third kappa shape index (κ3) is 8.19. The van der Waals surface area contributed by atoms with Crippen molar-refractivity contribution in [3.63, 3.8) is 0 Å². The second-order valence-corrected chi connectivity index (χ2v) is 11.3. The Morgan fingerprint density at radius 3 is 2.08 bits per heavy atom. The Morgan fingerprint density at radius 2 is 1.50 bits per heavy atom. The molecule has 0 saturated heterocycles. The number of nitrogens with zero attached hydrogens (tertiary/aromatic N) is 2. The summed E-state index contributed by atoms with van der Waals surface area (Å²) in [6.45, 7) is 10.2. The fourth-order valence-corrected chi connectivity index (χ4v) is 3.70. The van der Waals surface area contributed by atoms with Crippen molar-refractivity contribution in [3.8, 4) is 0 Å². The lowest BCUT2D eigenvalue weighted by Gasteiger charge is -2.28. The maximum Gasteiger partial charge on any atom is 0.425 e. The Hall–Kier alpha value is -4.12. The second kappa shape index (κ2) is 12.0. The number of anilines is 1. The number of pyridine rings is 1. The van der Waals surface area contributed by atoms with Crippen molar-refractivity contribution in [1.82, 2.24) is 10.3 Å². The highest BCUT2D eigenvalue weighted by Gasteiger charge is 2.34. The van der Waals surface area contributed by atoms with E-state index in [9.17, 15) is 23.2 Å². The van der Waals surface area contributed by atoms with Crippen LogP contribution in [0.4, 0.5) is 24.2 Å². The summed E-state index contributed by atoms with van der Waals surface area (Å²) >= 11 is 0. The number of ether oxygens (including phenoxy) is 2. The topological polar surface area (TPSA) is 124 Å². The molecular weight excluding hydrogens is 522 g/mol. The number of nitrogens with one attached hydrogen (secondary N) is 1. The molecule has 1 atom stereocenters. The molecule has 0 aliphatic heterocycles. The number of carbonyl (C=O) groups is 3. The van der Waals surface area contributed by atoms with Crippen LogP contribution >= 0.6 is 0 Å². The maximum absolute atomic E-state index is 13.5. The van der Waals surface area contributed by atoms with Crippen molar-refractivity contribution in [2.45, 2.75) is 71.8 Å². The van der Waals surface area contributed by atoms with Crippen molar-refractivity contribution in [1.29, 1.82) is 0 Å². The van der Waals surface area contributed by atoms with Crippen molar-refractivity contribution in [3.05, 3.63) is 71.4 Å². The molecule has 0 aliphatic rings. The van der Waals surface area contributed by atoms with Crippen LogP contribution in [0.15, 0.2) is 48.7 Å². The van der Waals surface area contributed by atoms with Crippen LogP contribution < -0.4 is 16.0 Å². The Kier molecular flexibility index (Phi) is 9.09. The van der Waals surface area contributed by atoms with Crippen LogP contribution in [0, 0.1) is 11.6 Å². The summed E-state index contributed by atoms with van der Waals surface area (Å²) < 4.78 is 37.5. The third-order valence-corrected chi connectivity index (χ3v) is 5.41. The minimum absolute atomic E-state index is 0.0287. The standard InChI is InChI=1S/C29H34F2N4O5/c1-28(2,3)39-26(37)35(27(38)40-29(4,5)6)24-20-9-7-18(13-19(20)11-12-33-24)16-34-25(36)23(32)15-17-8-10-21(30)22(31)14-17/h7-14,23H,15-16,32H2,1-6H3,(H,34,36). The fourth-order valence-electron chi connectivity index (χ4n) is 3.70. The van der Waals surface area contributed by atoms with Crippen LogP contribution in [-0.2, 0) is 27.2 Å². The molecule has 3 rings (SSSR count). The third-order valence-electron chi connectivity index (χ3n) is 5.41. The van der Waals surface area contributed by atoms with Gasteiger partial charge < -0.3 is 20.5 Å². The average Bonchev–Trinajstić information content (AvgIpc) is 2.82. The van der Waals surface area contributed by atoms with E-state index < -0.39 is 47.0 Å². The molecule has 0 aliphatic carbocycles. The molecule has 3 N–H and O–H groups in total. The number of nitrogens with two attached hydrogens (primary N) is 1. The summed E-state index contributed by atoms with van der Waals surface area (Å²) in [7, 11) is 0. The molecule has 2 aromatic carbocycles. The van der Waals surface area contributed by atoms with Gasteiger partial charge in [0.1, 0.15) is 11.2 Å². The number of rotatable bonds is 6. The summed E-state index contributed by atoms with van der Waals surface area (Å²) in [4.78, 5) is 43.7. The monoisotopic (exact) mass is 556 g/mol. The van der Waals surface area contributed by atoms with Crippen LogP contribution in [-0.4, -0.2) is 40.3 Å². The lowest BCUT2D eigenvalue weighted by Crippen LogP contribution is -2.44. The van der Waals surface area contributed by atoms with E-state index in [0.717, 1.165) is 17.0 Å². The molecule has 1 unspecified atom stereocenters. The number of aromatic nitrogens is 1. The Balaban J connectivity index is 1.81. The SMILES string of the molecule is CC(C)(C)OC(=O)N(C(=O)OC(C)(C)C)c1nccc2cc(CNC(=O)C(N)Cc3ccc(F)c(F)c3)ccc12. The fraction of sp³-hybridized carbons (Fsp3) is 0.379. The van der Waals surface area contributed by atoms with E-state index in [1.807, 2.05) is 0 Å². The summed E-state index contributed by atoms with van der Waals surface area (Å²) in [5.41, 5.74) is 5.31. The Morgan fingerprint density at radius 1 is 0.900 bits per heavy atom. The highest BCUT2D eigenvalue weighted by molar-refractivity contribution is 6.13. The predicted molar refractivity (Wildman–Crippen MR) is 147 cm³/mol. The molecule has 3 aromatic rings. The molecule has 0 saturated carbocycles. The van der Waals surface area contributed by atoms with Crippen molar-refractivity contribution in [2.24, 2.45) is 5.73 Å². The molecule has 0 fully saturated rings. The molecule has 0 bridgehead atoms. The number of fused-ring (bicyclic) bond motifs is 1. The van der Waals surface area contributed by atoms with Gasteiger partial charge in [-0.05, 0) is 88.7 Å². The first kappa shape index (κ1) is 30.4. The summed E-state index contributed by atoms with van der Waals surface area (Å²) in [5, 5.41) is 3.84. The van der Waals surface area contributed by atoms with E-state index in [1.165, 1.54) is 12.3 Å².